The highest BCUT2D eigenvalue weighted by atomic mass is 32.2. The Morgan fingerprint density at radius 1 is 1.50 bits per heavy atom. The van der Waals surface area contributed by atoms with Crippen LogP contribution in [0.5, 0.6) is 0 Å². The van der Waals surface area contributed by atoms with Gasteiger partial charge in [-0.05, 0) is 38.3 Å². The Bertz CT molecular complexity index is 372. The number of thioether (sulfide) groups is 1. The molecule has 88 valence electrons. The summed E-state index contributed by atoms with van der Waals surface area (Å²) in [7, 11) is 0. The summed E-state index contributed by atoms with van der Waals surface area (Å²) in [6, 6.07) is 7.76. The summed E-state index contributed by atoms with van der Waals surface area (Å²) in [4.78, 5) is 12.8. The molecule has 1 aromatic carbocycles. The standard InChI is InChI=1S/C12H18N2OS/c1-12(2,13)8-11(15)14-9-5-4-6-10(7-9)16-3/h4-7H,8,13H2,1-3H3,(H,14,15). The fourth-order valence-electron chi connectivity index (χ4n) is 1.32. The number of amides is 1. The lowest BCUT2D eigenvalue weighted by atomic mass is 10.0. The van der Waals surface area contributed by atoms with Crippen molar-refractivity contribution in [2.24, 2.45) is 5.73 Å². The van der Waals surface area contributed by atoms with Crippen molar-refractivity contribution >= 4 is 23.4 Å². The third kappa shape index (κ3) is 4.68. The van der Waals surface area contributed by atoms with Crippen LogP contribution in [0.2, 0.25) is 0 Å². The van der Waals surface area contributed by atoms with Crippen molar-refractivity contribution in [1.29, 1.82) is 0 Å². The number of hydrogen-bond donors (Lipinski definition) is 2. The summed E-state index contributed by atoms with van der Waals surface area (Å²) >= 11 is 1.65. The van der Waals surface area contributed by atoms with Crippen LogP contribution < -0.4 is 11.1 Å². The quantitative estimate of drug-likeness (QED) is 0.792. The van der Waals surface area contributed by atoms with E-state index in [9.17, 15) is 4.79 Å². The fraction of sp³-hybridized carbons (Fsp3) is 0.417. The van der Waals surface area contributed by atoms with Gasteiger partial charge in [0.05, 0.1) is 0 Å². The molecule has 0 saturated carbocycles. The van der Waals surface area contributed by atoms with Gasteiger partial charge in [-0.3, -0.25) is 4.79 Å². The predicted octanol–water partition coefficient (Wildman–Crippen LogP) is 2.47. The highest BCUT2D eigenvalue weighted by molar-refractivity contribution is 7.98. The average molecular weight is 238 g/mol. The molecule has 0 bridgehead atoms. The lowest BCUT2D eigenvalue weighted by Gasteiger charge is -2.17. The number of carbonyl (C=O) groups is 1. The van der Waals surface area contributed by atoms with Crippen molar-refractivity contribution in [2.45, 2.75) is 30.7 Å². The summed E-state index contributed by atoms with van der Waals surface area (Å²) in [5.41, 5.74) is 6.13. The molecular weight excluding hydrogens is 220 g/mol. The van der Waals surface area contributed by atoms with Crippen LogP contribution in [0.15, 0.2) is 29.2 Å². The Labute approximate surface area is 101 Å². The number of nitrogens with one attached hydrogen (secondary N) is 1. The van der Waals surface area contributed by atoms with Crippen LogP contribution in [-0.4, -0.2) is 17.7 Å². The van der Waals surface area contributed by atoms with Gasteiger partial charge in [0, 0.05) is 22.5 Å². The van der Waals surface area contributed by atoms with Gasteiger partial charge in [0.25, 0.3) is 0 Å². The number of hydrogen-bond acceptors (Lipinski definition) is 3. The van der Waals surface area contributed by atoms with Crippen molar-refractivity contribution in [1.82, 2.24) is 0 Å². The first kappa shape index (κ1) is 13.1. The Morgan fingerprint density at radius 2 is 2.19 bits per heavy atom. The van der Waals surface area contributed by atoms with Crippen LogP contribution in [0.1, 0.15) is 20.3 Å². The molecule has 0 spiro atoms. The summed E-state index contributed by atoms with van der Waals surface area (Å²) < 4.78 is 0. The van der Waals surface area contributed by atoms with Crippen molar-refractivity contribution in [3.63, 3.8) is 0 Å². The zero-order valence-corrected chi connectivity index (χ0v) is 10.7. The third-order valence-corrected chi connectivity index (χ3v) is 2.70. The number of carbonyl (C=O) groups excluding carboxylic acids is 1. The largest absolute Gasteiger partial charge is 0.326 e. The Hall–Kier alpha value is -1.00. The summed E-state index contributed by atoms with van der Waals surface area (Å²) in [6.07, 6.45) is 2.32. The zero-order valence-electron chi connectivity index (χ0n) is 9.91. The van der Waals surface area contributed by atoms with Crippen molar-refractivity contribution in [3.8, 4) is 0 Å². The second kappa shape index (κ2) is 5.37. The molecule has 1 amide bonds. The molecule has 0 aliphatic rings. The SMILES string of the molecule is CSc1cccc(NC(=O)CC(C)(C)N)c1. The van der Waals surface area contributed by atoms with Gasteiger partial charge in [0.1, 0.15) is 0 Å². The van der Waals surface area contributed by atoms with E-state index in [4.69, 9.17) is 5.73 Å². The second-order valence-electron chi connectivity index (χ2n) is 4.45. The van der Waals surface area contributed by atoms with Gasteiger partial charge in [0.15, 0.2) is 0 Å². The van der Waals surface area contributed by atoms with Gasteiger partial charge in [-0.15, -0.1) is 11.8 Å². The maximum Gasteiger partial charge on any atom is 0.226 e. The Kier molecular flexibility index (Phi) is 4.38. The zero-order chi connectivity index (χ0) is 12.2. The Morgan fingerprint density at radius 3 is 2.75 bits per heavy atom. The van der Waals surface area contributed by atoms with E-state index in [1.807, 2.05) is 44.4 Å². The first-order valence-electron chi connectivity index (χ1n) is 5.13. The van der Waals surface area contributed by atoms with E-state index in [2.05, 4.69) is 5.32 Å². The van der Waals surface area contributed by atoms with Gasteiger partial charge in [-0.1, -0.05) is 6.07 Å². The van der Waals surface area contributed by atoms with Gasteiger partial charge in [-0.25, -0.2) is 0 Å². The minimum atomic E-state index is -0.471. The highest BCUT2D eigenvalue weighted by Gasteiger charge is 2.16. The topological polar surface area (TPSA) is 55.1 Å². The van der Waals surface area contributed by atoms with Crippen LogP contribution in [0, 0.1) is 0 Å². The minimum absolute atomic E-state index is 0.0502. The predicted molar refractivity (Wildman–Crippen MR) is 69.7 cm³/mol. The van der Waals surface area contributed by atoms with Gasteiger partial charge in [0.2, 0.25) is 5.91 Å². The van der Waals surface area contributed by atoms with Crippen LogP contribution in [0.3, 0.4) is 0 Å². The maximum atomic E-state index is 11.6. The molecule has 3 nitrogen and oxygen atoms in total. The van der Waals surface area contributed by atoms with Crippen LogP contribution in [-0.2, 0) is 4.79 Å². The molecule has 0 saturated heterocycles. The van der Waals surface area contributed by atoms with Crippen molar-refractivity contribution in [2.75, 3.05) is 11.6 Å². The van der Waals surface area contributed by atoms with E-state index in [-0.39, 0.29) is 5.91 Å². The molecule has 1 rings (SSSR count). The normalized spacial score (nSPS) is 11.2. The molecule has 0 aliphatic heterocycles. The summed E-state index contributed by atoms with van der Waals surface area (Å²) in [5, 5.41) is 2.84. The number of benzene rings is 1. The minimum Gasteiger partial charge on any atom is -0.326 e. The fourth-order valence-corrected chi connectivity index (χ4v) is 1.78. The molecule has 0 atom stereocenters. The van der Waals surface area contributed by atoms with Crippen molar-refractivity contribution in [3.05, 3.63) is 24.3 Å². The van der Waals surface area contributed by atoms with E-state index < -0.39 is 5.54 Å². The van der Waals surface area contributed by atoms with Crippen LogP contribution in [0.25, 0.3) is 0 Å². The van der Waals surface area contributed by atoms with Gasteiger partial charge in [-0.2, -0.15) is 0 Å². The molecule has 0 aliphatic carbocycles. The van der Waals surface area contributed by atoms with E-state index in [1.54, 1.807) is 11.8 Å². The summed E-state index contributed by atoms with van der Waals surface area (Å²) in [5.74, 6) is -0.0502. The molecule has 0 unspecified atom stereocenters. The Balaban J connectivity index is 2.62. The smallest absolute Gasteiger partial charge is 0.226 e. The van der Waals surface area contributed by atoms with Gasteiger partial charge >= 0.3 is 0 Å². The highest BCUT2D eigenvalue weighted by Crippen LogP contribution is 2.19. The first-order valence-corrected chi connectivity index (χ1v) is 6.36. The second-order valence-corrected chi connectivity index (χ2v) is 5.33. The molecule has 0 heterocycles. The number of rotatable bonds is 4. The monoisotopic (exact) mass is 238 g/mol. The van der Waals surface area contributed by atoms with E-state index in [1.165, 1.54) is 0 Å². The van der Waals surface area contributed by atoms with E-state index in [0.29, 0.717) is 6.42 Å². The molecule has 4 heteroatoms. The average Bonchev–Trinajstić information content (AvgIpc) is 2.15. The maximum absolute atomic E-state index is 11.6. The molecule has 1 aromatic rings. The summed E-state index contributed by atoms with van der Waals surface area (Å²) in [6.45, 7) is 3.68. The molecule has 3 N–H and O–H groups in total. The molecule has 0 aromatic heterocycles. The van der Waals surface area contributed by atoms with Crippen molar-refractivity contribution < 1.29 is 4.79 Å². The number of nitrogens with two attached hydrogens (primary N) is 1. The molecule has 0 radical (unpaired) electrons. The van der Waals surface area contributed by atoms with E-state index >= 15 is 0 Å². The lowest BCUT2D eigenvalue weighted by Crippen LogP contribution is -2.36. The lowest BCUT2D eigenvalue weighted by molar-refractivity contribution is -0.117. The molecule has 0 fully saturated rings. The third-order valence-electron chi connectivity index (χ3n) is 1.97. The van der Waals surface area contributed by atoms with E-state index in [0.717, 1.165) is 10.6 Å². The van der Waals surface area contributed by atoms with Gasteiger partial charge < -0.3 is 11.1 Å². The number of anilines is 1. The van der Waals surface area contributed by atoms with Crippen LogP contribution in [0.4, 0.5) is 5.69 Å². The van der Waals surface area contributed by atoms with Crippen LogP contribution >= 0.6 is 11.8 Å². The molecule has 16 heavy (non-hydrogen) atoms. The molecular formula is C12H18N2OS. The first-order chi connectivity index (χ1) is 7.40.